The number of aromatic nitrogens is 1. The first-order chi connectivity index (χ1) is 18.6. The minimum atomic E-state index is -4.62. The third-order valence-electron chi connectivity index (χ3n) is 5.59. The van der Waals surface area contributed by atoms with Crippen molar-refractivity contribution < 1.29 is 22.7 Å². The first-order valence-electron chi connectivity index (χ1n) is 12.0. The molecular formula is C28H26ClF3N4O2S. The number of hydrogen-bond acceptors (Lipinski definition) is 5. The number of nitrogens with zero attached hydrogens (tertiary/aromatic N) is 2. The third kappa shape index (κ3) is 7.95. The first-order valence-corrected chi connectivity index (χ1v) is 13.2. The lowest BCUT2D eigenvalue weighted by molar-refractivity contribution is -0.137. The van der Waals surface area contributed by atoms with Crippen molar-refractivity contribution in [3.05, 3.63) is 82.7 Å². The summed E-state index contributed by atoms with van der Waals surface area (Å²) in [5.41, 5.74) is 2.05. The second-order valence-corrected chi connectivity index (χ2v) is 10.2. The Hall–Kier alpha value is -3.60. The van der Waals surface area contributed by atoms with E-state index in [1.165, 1.54) is 17.4 Å². The average Bonchev–Trinajstić information content (AvgIpc) is 3.38. The molecule has 6 nitrogen and oxygen atoms in total. The Morgan fingerprint density at radius 2 is 1.62 bits per heavy atom. The van der Waals surface area contributed by atoms with Crippen molar-refractivity contribution in [1.29, 1.82) is 0 Å². The summed E-state index contributed by atoms with van der Waals surface area (Å²) < 4.78 is 45.0. The Bertz CT molecular complexity index is 1410. The van der Waals surface area contributed by atoms with Gasteiger partial charge in [-0.3, -0.25) is 0 Å². The van der Waals surface area contributed by atoms with Crippen molar-refractivity contribution in [3.63, 3.8) is 0 Å². The van der Waals surface area contributed by atoms with Crippen LogP contribution < -0.4 is 15.4 Å². The fraction of sp³-hybridized carbons (Fsp3) is 0.214. The number of amides is 2. The van der Waals surface area contributed by atoms with Gasteiger partial charge in [0.25, 0.3) is 0 Å². The van der Waals surface area contributed by atoms with Crippen LogP contribution in [0.4, 0.5) is 29.3 Å². The van der Waals surface area contributed by atoms with E-state index >= 15 is 0 Å². The molecule has 0 spiro atoms. The molecule has 0 aliphatic heterocycles. The van der Waals surface area contributed by atoms with Crippen molar-refractivity contribution in [1.82, 2.24) is 9.88 Å². The summed E-state index contributed by atoms with van der Waals surface area (Å²) in [4.78, 5) is 19.2. The Balaban J connectivity index is 1.34. The molecule has 3 aromatic carbocycles. The molecule has 2 N–H and O–H groups in total. The van der Waals surface area contributed by atoms with Gasteiger partial charge in [-0.25, -0.2) is 9.78 Å². The van der Waals surface area contributed by atoms with E-state index in [4.69, 9.17) is 21.3 Å². The van der Waals surface area contributed by atoms with Crippen LogP contribution in [0, 0.1) is 0 Å². The predicted octanol–water partition coefficient (Wildman–Crippen LogP) is 8.12. The van der Waals surface area contributed by atoms with Crippen LogP contribution in [-0.2, 0) is 6.18 Å². The number of alkyl halides is 3. The molecule has 0 fully saturated rings. The lowest BCUT2D eigenvalue weighted by Crippen LogP contribution is -2.19. The van der Waals surface area contributed by atoms with Crippen LogP contribution in [0.25, 0.3) is 21.8 Å². The minimum absolute atomic E-state index is 0.0280. The van der Waals surface area contributed by atoms with Crippen LogP contribution in [0.3, 0.4) is 0 Å². The Morgan fingerprint density at radius 3 is 2.28 bits per heavy atom. The third-order valence-corrected chi connectivity index (χ3v) is 6.81. The molecule has 0 radical (unpaired) electrons. The molecule has 0 unspecified atom stereocenters. The van der Waals surface area contributed by atoms with Crippen LogP contribution in [0.15, 0.2) is 72.1 Å². The van der Waals surface area contributed by atoms with Gasteiger partial charge < -0.3 is 20.3 Å². The standard InChI is InChI=1S/C28H26ClF3N4O2S/c1-36(2)14-3-15-38-22-11-6-19(7-12-22)26-35-25(17-39-26)18-4-8-20(9-5-18)33-27(37)34-21-10-13-24(29)23(16-21)28(30,31)32/h4-13,16-17H,3,14-15H2,1-2H3,(H2,33,34,37). The summed E-state index contributed by atoms with van der Waals surface area (Å²) in [5, 5.41) is 7.38. The molecule has 1 heterocycles. The first kappa shape index (κ1) is 28.4. The van der Waals surface area contributed by atoms with E-state index in [2.05, 4.69) is 15.5 Å². The number of halogens is 4. The van der Waals surface area contributed by atoms with E-state index in [0.717, 1.165) is 52.7 Å². The van der Waals surface area contributed by atoms with E-state index in [0.29, 0.717) is 12.3 Å². The van der Waals surface area contributed by atoms with Gasteiger partial charge >= 0.3 is 12.2 Å². The van der Waals surface area contributed by atoms with Crippen LogP contribution in [-0.4, -0.2) is 43.2 Å². The molecule has 2 amide bonds. The van der Waals surface area contributed by atoms with Crippen molar-refractivity contribution in [2.45, 2.75) is 12.6 Å². The number of hydrogen-bond donors (Lipinski definition) is 2. The van der Waals surface area contributed by atoms with Gasteiger partial charge in [0.2, 0.25) is 0 Å². The topological polar surface area (TPSA) is 66.5 Å². The summed E-state index contributed by atoms with van der Waals surface area (Å²) in [5.74, 6) is 0.818. The normalized spacial score (nSPS) is 11.5. The van der Waals surface area contributed by atoms with E-state index in [1.54, 1.807) is 12.1 Å². The molecule has 11 heteroatoms. The number of nitrogens with one attached hydrogen (secondary N) is 2. The summed E-state index contributed by atoms with van der Waals surface area (Å²) in [6.07, 6.45) is -3.67. The van der Waals surface area contributed by atoms with Crippen molar-refractivity contribution in [2.75, 3.05) is 37.9 Å². The molecule has 0 bridgehead atoms. The van der Waals surface area contributed by atoms with Crippen LogP contribution in [0.2, 0.25) is 5.02 Å². The van der Waals surface area contributed by atoms with Crippen LogP contribution in [0.1, 0.15) is 12.0 Å². The number of rotatable bonds is 9. The molecule has 0 aliphatic rings. The van der Waals surface area contributed by atoms with Gasteiger partial charge in [-0.1, -0.05) is 23.7 Å². The maximum Gasteiger partial charge on any atom is 0.417 e. The molecule has 0 aliphatic carbocycles. The number of anilines is 2. The molecule has 0 saturated heterocycles. The number of carbonyl (C=O) groups excluding carboxylic acids is 1. The quantitative estimate of drug-likeness (QED) is 0.198. The number of urea groups is 1. The average molecular weight is 575 g/mol. The smallest absolute Gasteiger partial charge is 0.417 e. The van der Waals surface area contributed by atoms with Crippen molar-refractivity contribution in [3.8, 4) is 27.6 Å². The van der Waals surface area contributed by atoms with Gasteiger partial charge in [0.15, 0.2) is 0 Å². The molecule has 39 heavy (non-hydrogen) atoms. The van der Waals surface area contributed by atoms with Gasteiger partial charge in [0.1, 0.15) is 10.8 Å². The second-order valence-electron chi connectivity index (χ2n) is 8.92. The molecule has 4 aromatic rings. The summed E-state index contributed by atoms with van der Waals surface area (Å²) in [7, 11) is 4.07. The fourth-order valence-electron chi connectivity index (χ4n) is 3.64. The maximum absolute atomic E-state index is 13.1. The fourth-order valence-corrected chi connectivity index (χ4v) is 4.70. The van der Waals surface area contributed by atoms with E-state index in [-0.39, 0.29) is 5.69 Å². The zero-order chi connectivity index (χ0) is 28.0. The number of thiazole rings is 1. The van der Waals surface area contributed by atoms with Gasteiger partial charge in [0.05, 0.1) is 22.9 Å². The Kier molecular flexibility index (Phi) is 9.11. The number of ether oxygens (including phenoxy) is 1. The lowest BCUT2D eigenvalue weighted by atomic mass is 10.1. The summed E-state index contributed by atoms with van der Waals surface area (Å²) in [6, 6.07) is 17.3. The maximum atomic E-state index is 13.1. The Morgan fingerprint density at radius 1 is 0.974 bits per heavy atom. The highest BCUT2D eigenvalue weighted by Gasteiger charge is 2.33. The highest BCUT2D eigenvalue weighted by atomic mass is 35.5. The minimum Gasteiger partial charge on any atom is -0.494 e. The molecular weight excluding hydrogens is 549 g/mol. The summed E-state index contributed by atoms with van der Waals surface area (Å²) >= 11 is 7.15. The highest BCUT2D eigenvalue weighted by molar-refractivity contribution is 7.13. The van der Waals surface area contributed by atoms with E-state index in [1.807, 2.05) is 55.9 Å². The zero-order valence-electron chi connectivity index (χ0n) is 21.2. The van der Waals surface area contributed by atoms with Crippen molar-refractivity contribution in [2.24, 2.45) is 0 Å². The SMILES string of the molecule is CN(C)CCCOc1ccc(-c2nc(-c3ccc(NC(=O)Nc4ccc(Cl)c(C(F)(F)F)c4)cc3)cs2)cc1. The number of benzene rings is 3. The van der Waals surface area contributed by atoms with Gasteiger partial charge in [-0.2, -0.15) is 13.2 Å². The molecule has 4 rings (SSSR count). The monoisotopic (exact) mass is 574 g/mol. The van der Waals surface area contributed by atoms with Crippen LogP contribution in [0.5, 0.6) is 5.75 Å². The largest absolute Gasteiger partial charge is 0.494 e. The van der Waals surface area contributed by atoms with Crippen LogP contribution >= 0.6 is 22.9 Å². The molecule has 1 aromatic heterocycles. The predicted molar refractivity (Wildman–Crippen MR) is 151 cm³/mol. The second kappa shape index (κ2) is 12.5. The van der Waals surface area contributed by atoms with Gasteiger partial charge in [-0.05, 0) is 75.1 Å². The van der Waals surface area contributed by atoms with Crippen molar-refractivity contribution >= 4 is 40.3 Å². The van der Waals surface area contributed by atoms with E-state index < -0.39 is 22.8 Å². The Labute approximate surface area is 233 Å². The van der Waals surface area contributed by atoms with E-state index in [9.17, 15) is 18.0 Å². The zero-order valence-corrected chi connectivity index (χ0v) is 22.8. The molecule has 0 atom stereocenters. The van der Waals surface area contributed by atoms with Gasteiger partial charge in [-0.15, -0.1) is 11.3 Å². The lowest BCUT2D eigenvalue weighted by Gasteiger charge is -2.12. The molecule has 0 saturated carbocycles. The molecule has 204 valence electrons. The summed E-state index contributed by atoms with van der Waals surface area (Å²) in [6.45, 7) is 1.63. The highest BCUT2D eigenvalue weighted by Crippen LogP contribution is 2.36. The van der Waals surface area contributed by atoms with Gasteiger partial charge in [0, 0.05) is 34.4 Å². The number of carbonyl (C=O) groups is 1.